The minimum absolute atomic E-state index is 0.0550. The van der Waals surface area contributed by atoms with Gasteiger partial charge in [0.05, 0.1) is 19.3 Å². The summed E-state index contributed by atoms with van der Waals surface area (Å²) in [7, 11) is 0. The van der Waals surface area contributed by atoms with E-state index in [4.69, 9.17) is 14.2 Å². The number of amides is 1. The molecule has 0 radical (unpaired) electrons. The van der Waals surface area contributed by atoms with Gasteiger partial charge in [-0.15, -0.1) is 0 Å². The molecule has 29 heavy (non-hydrogen) atoms. The van der Waals surface area contributed by atoms with Crippen molar-refractivity contribution < 1.29 is 19.0 Å². The zero-order valence-corrected chi connectivity index (χ0v) is 15.8. The minimum atomic E-state index is -0.496. The molecule has 0 bridgehead atoms. The van der Waals surface area contributed by atoms with Gasteiger partial charge in [-0.1, -0.05) is 36.4 Å². The van der Waals surface area contributed by atoms with E-state index in [9.17, 15) is 4.79 Å². The van der Waals surface area contributed by atoms with Crippen LogP contribution in [0.2, 0.25) is 0 Å². The third kappa shape index (κ3) is 3.72. The van der Waals surface area contributed by atoms with Gasteiger partial charge in [-0.3, -0.25) is 5.32 Å². The SMILES string of the molecule is O=C(Nc1ccccc1)O[C@@H]1CO[C@H]2[C@@H]1OC[C@@H]2NCc1c[nH]c2ccccc12. The molecule has 2 aliphatic rings. The second-order valence-electron chi connectivity index (χ2n) is 7.38. The molecule has 0 spiro atoms. The quantitative estimate of drug-likeness (QED) is 0.621. The highest BCUT2D eigenvalue weighted by atomic mass is 16.6. The molecule has 150 valence electrons. The summed E-state index contributed by atoms with van der Waals surface area (Å²) in [5.74, 6) is 0. The summed E-state index contributed by atoms with van der Waals surface area (Å²) in [5, 5.41) is 7.47. The largest absolute Gasteiger partial charge is 0.441 e. The van der Waals surface area contributed by atoms with Gasteiger partial charge < -0.3 is 24.5 Å². The Hall–Kier alpha value is -2.87. The fourth-order valence-electron chi connectivity index (χ4n) is 4.07. The number of ether oxygens (including phenoxy) is 3. The molecule has 2 fully saturated rings. The molecule has 2 aromatic carbocycles. The first-order valence-corrected chi connectivity index (χ1v) is 9.82. The van der Waals surface area contributed by atoms with Crippen LogP contribution >= 0.6 is 0 Å². The summed E-state index contributed by atoms with van der Waals surface area (Å²) in [6.45, 7) is 1.57. The van der Waals surface area contributed by atoms with E-state index < -0.39 is 12.2 Å². The number of hydrogen-bond donors (Lipinski definition) is 3. The minimum Gasteiger partial charge on any atom is -0.441 e. The van der Waals surface area contributed by atoms with Gasteiger partial charge in [0.1, 0.15) is 12.2 Å². The van der Waals surface area contributed by atoms with E-state index in [0.29, 0.717) is 25.4 Å². The third-order valence-corrected chi connectivity index (χ3v) is 5.52. The van der Waals surface area contributed by atoms with Crippen LogP contribution < -0.4 is 10.6 Å². The lowest BCUT2D eigenvalue weighted by Crippen LogP contribution is -2.41. The summed E-state index contributed by atoms with van der Waals surface area (Å²) in [6.07, 6.45) is 0.736. The first kappa shape index (κ1) is 18.2. The molecule has 0 saturated carbocycles. The molecule has 3 aromatic rings. The average Bonchev–Trinajstić information content (AvgIpc) is 3.44. The van der Waals surface area contributed by atoms with Gasteiger partial charge in [-0.05, 0) is 23.8 Å². The number of para-hydroxylation sites is 2. The van der Waals surface area contributed by atoms with E-state index in [1.165, 1.54) is 10.9 Å². The lowest BCUT2D eigenvalue weighted by Gasteiger charge is -2.18. The van der Waals surface area contributed by atoms with Crippen LogP contribution in [0.1, 0.15) is 5.56 Å². The highest BCUT2D eigenvalue weighted by molar-refractivity contribution is 5.84. The normalized spacial score (nSPS) is 25.8. The van der Waals surface area contributed by atoms with E-state index in [1.54, 1.807) is 0 Å². The molecule has 2 saturated heterocycles. The smallest absolute Gasteiger partial charge is 0.412 e. The molecular formula is C22H23N3O4. The third-order valence-electron chi connectivity index (χ3n) is 5.52. The number of carbonyl (C=O) groups is 1. The van der Waals surface area contributed by atoms with Crippen LogP contribution in [0.25, 0.3) is 10.9 Å². The van der Waals surface area contributed by atoms with Crippen LogP contribution in [0.15, 0.2) is 60.8 Å². The molecule has 3 N–H and O–H groups in total. The van der Waals surface area contributed by atoms with Crippen molar-refractivity contribution in [3.05, 3.63) is 66.4 Å². The first-order chi connectivity index (χ1) is 14.3. The van der Waals surface area contributed by atoms with E-state index >= 15 is 0 Å². The maximum Gasteiger partial charge on any atom is 0.412 e. The van der Waals surface area contributed by atoms with Crippen molar-refractivity contribution >= 4 is 22.7 Å². The molecule has 1 amide bonds. The molecule has 0 unspecified atom stereocenters. The van der Waals surface area contributed by atoms with Crippen molar-refractivity contribution in [1.29, 1.82) is 0 Å². The monoisotopic (exact) mass is 393 g/mol. The second-order valence-corrected chi connectivity index (χ2v) is 7.38. The van der Waals surface area contributed by atoms with Crippen LogP contribution in [0.5, 0.6) is 0 Å². The fourth-order valence-corrected chi connectivity index (χ4v) is 4.07. The number of carbonyl (C=O) groups excluding carboxylic acids is 1. The Morgan fingerprint density at radius 3 is 2.72 bits per heavy atom. The molecule has 3 heterocycles. The van der Waals surface area contributed by atoms with Crippen LogP contribution in [0.3, 0.4) is 0 Å². The molecule has 7 nitrogen and oxygen atoms in total. The number of H-pyrrole nitrogens is 1. The average molecular weight is 393 g/mol. The van der Waals surface area contributed by atoms with Gasteiger partial charge in [-0.2, -0.15) is 0 Å². The highest BCUT2D eigenvalue weighted by Crippen LogP contribution is 2.29. The predicted molar refractivity (Wildman–Crippen MR) is 109 cm³/mol. The maximum absolute atomic E-state index is 12.2. The van der Waals surface area contributed by atoms with Crippen molar-refractivity contribution in [3.8, 4) is 0 Å². The summed E-state index contributed by atoms with van der Waals surface area (Å²) in [5.41, 5.74) is 3.02. The number of nitrogens with one attached hydrogen (secondary N) is 3. The Kier molecular flexibility index (Phi) is 4.93. The van der Waals surface area contributed by atoms with Crippen LogP contribution in [0, 0.1) is 0 Å². The van der Waals surface area contributed by atoms with Crippen LogP contribution in [-0.4, -0.2) is 48.6 Å². The topological polar surface area (TPSA) is 84.6 Å². The molecule has 1 aromatic heterocycles. The molecule has 7 heteroatoms. The lowest BCUT2D eigenvalue weighted by atomic mass is 10.1. The van der Waals surface area contributed by atoms with Gasteiger partial charge in [0.25, 0.3) is 0 Å². The molecule has 0 aliphatic carbocycles. The van der Waals surface area contributed by atoms with Crippen molar-refractivity contribution in [2.24, 2.45) is 0 Å². The predicted octanol–water partition coefficient (Wildman–Crippen LogP) is 3.04. The summed E-state index contributed by atoms with van der Waals surface area (Å²) < 4.78 is 17.4. The van der Waals surface area contributed by atoms with Gasteiger partial charge in [0, 0.05) is 29.3 Å². The summed E-state index contributed by atoms with van der Waals surface area (Å²) >= 11 is 0. The molecule has 5 rings (SSSR count). The van der Waals surface area contributed by atoms with Gasteiger partial charge in [0.15, 0.2) is 6.10 Å². The van der Waals surface area contributed by atoms with E-state index in [-0.39, 0.29) is 18.2 Å². The summed E-state index contributed by atoms with van der Waals surface area (Å²) in [4.78, 5) is 15.5. The fraction of sp³-hybridized carbons (Fsp3) is 0.318. The van der Waals surface area contributed by atoms with Gasteiger partial charge >= 0.3 is 6.09 Å². The highest BCUT2D eigenvalue weighted by Gasteiger charge is 2.49. The first-order valence-electron chi connectivity index (χ1n) is 9.82. The van der Waals surface area contributed by atoms with Crippen molar-refractivity contribution in [3.63, 3.8) is 0 Å². The molecular weight excluding hydrogens is 370 g/mol. The number of rotatable bonds is 5. The van der Waals surface area contributed by atoms with Gasteiger partial charge in [-0.25, -0.2) is 4.79 Å². The van der Waals surface area contributed by atoms with Crippen molar-refractivity contribution in [2.75, 3.05) is 18.5 Å². The number of aromatic amines is 1. The number of hydrogen-bond acceptors (Lipinski definition) is 5. The van der Waals surface area contributed by atoms with E-state index in [1.807, 2.05) is 48.7 Å². The lowest BCUT2D eigenvalue weighted by molar-refractivity contribution is 0.00855. The zero-order valence-electron chi connectivity index (χ0n) is 15.8. The Labute approximate surface area is 168 Å². The maximum atomic E-state index is 12.2. The second kappa shape index (κ2) is 7.87. The van der Waals surface area contributed by atoms with Crippen molar-refractivity contribution in [2.45, 2.75) is 30.9 Å². The molecule has 4 atom stereocenters. The Morgan fingerprint density at radius 1 is 1.03 bits per heavy atom. The summed E-state index contributed by atoms with van der Waals surface area (Å²) in [6, 6.07) is 17.5. The Morgan fingerprint density at radius 2 is 1.83 bits per heavy atom. The molecule has 2 aliphatic heterocycles. The van der Waals surface area contributed by atoms with Crippen LogP contribution in [-0.2, 0) is 20.8 Å². The Balaban J connectivity index is 1.16. The van der Waals surface area contributed by atoms with E-state index in [0.717, 1.165) is 5.52 Å². The zero-order chi connectivity index (χ0) is 19.6. The number of fused-ring (bicyclic) bond motifs is 2. The van der Waals surface area contributed by atoms with E-state index in [2.05, 4.69) is 27.8 Å². The Bertz CT molecular complexity index is 990. The van der Waals surface area contributed by atoms with Crippen LogP contribution in [0.4, 0.5) is 10.5 Å². The number of aromatic nitrogens is 1. The number of anilines is 1. The standard InChI is InChI=1S/C22H23N3O4/c26-22(25-15-6-2-1-3-7-15)29-19-13-28-20-18(12-27-21(19)20)24-11-14-10-23-17-9-5-4-8-16(14)17/h1-10,18-21,23-24H,11-13H2,(H,25,26)/t18-,19+,20+,21+/m0/s1. The van der Waals surface area contributed by atoms with Gasteiger partial charge in [0.2, 0.25) is 0 Å². The number of benzene rings is 2. The van der Waals surface area contributed by atoms with Crippen molar-refractivity contribution in [1.82, 2.24) is 10.3 Å².